The van der Waals surface area contributed by atoms with Crippen LogP contribution in [0, 0.1) is 6.92 Å². The summed E-state index contributed by atoms with van der Waals surface area (Å²) in [6.07, 6.45) is 1.98. The summed E-state index contributed by atoms with van der Waals surface area (Å²) in [5.41, 5.74) is 1.68. The molecule has 1 atom stereocenters. The van der Waals surface area contributed by atoms with Crippen LogP contribution in [0.5, 0.6) is 0 Å². The van der Waals surface area contributed by atoms with Crippen LogP contribution in [0.4, 0.5) is 5.69 Å². The predicted octanol–water partition coefficient (Wildman–Crippen LogP) is 2.25. The molecule has 2 N–H and O–H groups in total. The Bertz CT molecular complexity index is 525. The fraction of sp³-hybridized carbons (Fsp3) is 0.500. The second-order valence-electron chi connectivity index (χ2n) is 4.66. The molecule has 1 unspecified atom stereocenters. The number of halogens is 1. The average Bonchev–Trinajstić information content (AvgIpc) is 2.74. The number of aryl methyl sites for hydroxylation is 1. The predicted molar refractivity (Wildman–Crippen MR) is 77.3 cm³/mol. The van der Waals surface area contributed by atoms with E-state index in [9.17, 15) is 8.42 Å². The standard InChI is InChI=1S/C12H17BrN2O2S/c1-9-4-5-12(11(13)7-9)15-18(16,17)8-10-3-2-6-14-10/h4-5,7,10,14-15H,2-3,6,8H2,1H3. The van der Waals surface area contributed by atoms with Gasteiger partial charge in [0.05, 0.1) is 11.4 Å². The van der Waals surface area contributed by atoms with Crippen LogP contribution in [-0.4, -0.2) is 26.8 Å². The SMILES string of the molecule is Cc1ccc(NS(=O)(=O)CC2CCCN2)c(Br)c1. The van der Waals surface area contributed by atoms with Crippen molar-refractivity contribution in [2.45, 2.75) is 25.8 Å². The van der Waals surface area contributed by atoms with E-state index < -0.39 is 10.0 Å². The van der Waals surface area contributed by atoms with Crippen LogP contribution >= 0.6 is 15.9 Å². The highest BCUT2D eigenvalue weighted by molar-refractivity contribution is 9.10. The average molecular weight is 333 g/mol. The zero-order valence-electron chi connectivity index (χ0n) is 10.2. The van der Waals surface area contributed by atoms with Crippen LogP contribution in [0.2, 0.25) is 0 Å². The zero-order chi connectivity index (χ0) is 13.2. The molecule has 1 aliphatic heterocycles. The minimum absolute atomic E-state index is 0.0757. The van der Waals surface area contributed by atoms with Crippen LogP contribution < -0.4 is 10.0 Å². The first-order chi connectivity index (χ1) is 8.46. The molecule has 1 aromatic carbocycles. The van der Waals surface area contributed by atoms with Crippen molar-refractivity contribution >= 4 is 31.6 Å². The first kappa shape index (κ1) is 13.8. The summed E-state index contributed by atoms with van der Waals surface area (Å²) in [7, 11) is -3.30. The molecular weight excluding hydrogens is 316 g/mol. The molecule has 0 amide bonds. The zero-order valence-corrected chi connectivity index (χ0v) is 12.6. The Labute approximate surface area is 116 Å². The van der Waals surface area contributed by atoms with Gasteiger partial charge in [-0.15, -0.1) is 0 Å². The molecule has 1 fully saturated rings. The lowest BCUT2D eigenvalue weighted by Crippen LogP contribution is -2.32. The third-order valence-electron chi connectivity index (χ3n) is 2.97. The third kappa shape index (κ3) is 3.70. The maximum atomic E-state index is 12.0. The smallest absolute Gasteiger partial charge is 0.234 e. The van der Waals surface area contributed by atoms with Gasteiger partial charge in [0.25, 0.3) is 0 Å². The van der Waals surface area contributed by atoms with Crippen molar-refractivity contribution in [3.05, 3.63) is 28.2 Å². The molecule has 2 rings (SSSR count). The Morgan fingerprint density at radius 3 is 2.89 bits per heavy atom. The summed E-state index contributed by atoms with van der Waals surface area (Å²) >= 11 is 3.37. The summed E-state index contributed by atoms with van der Waals surface area (Å²) in [6.45, 7) is 2.87. The fourth-order valence-electron chi connectivity index (χ4n) is 2.08. The van der Waals surface area contributed by atoms with Crippen LogP contribution in [0.3, 0.4) is 0 Å². The van der Waals surface area contributed by atoms with E-state index in [2.05, 4.69) is 26.0 Å². The van der Waals surface area contributed by atoms with E-state index in [1.54, 1.807) is 6.07 Å². The second kappa shape index (κ2) is 5.59. The molecule has 1 aromatic rings. The molecule has 4 nitrogen and oxygen atoms in total. The van der Waals surface area contributed by atoms with Crippen molar-refractivity contribution in [1.29, 1.82) is 0 Å². The number of anilines is 1. The Morgan fingerprint density at radius 1 is 1.50 bits per heavy atom. The minimum Gasteiger partial charge on any atom is -0.313 e. The van der Waals surface area contributed by atoms with Crippen molar-refractivity contribution < 1.29 is 8.42 Å². The van der Waals surface area contributed by atoms with Crippen molar-refractivity contribution in [2.75, 3.05) is 17.0 Å². The van der Waals surface area contributed by atoms with Crippen LogP contribution in [0.1, 0.15) is 18.4 Å². The summed E-state index contributed by atoms with van der Waals surface area (Å²) < 4.78 is 27.4. The fourth-order valence-corrected chi connectivity index (χ4v) is 4.21. The largest absolute Gasteiger partial charge is 0.313 e. The second-order valence-corrected chi connectivity index (χ2v) is 7.28. The molecule has 18 heavy (non-hydrogen) atoms. The Balaban J connectivity index is 2.07. The maximum Gasteiger partial charge on any atom is 0.234 e. The number of hydrogen-bond donors (Lipinski definition) is 2. The van der Waals surface area contributed by atoms with Gasteiger partial charge in [0, 0.05) is 10.5 Å². The molecular formula is C12H17BrN2O2S. The Kier molecular flexibility index (Phi) is 4.29. The van der Waals surface area contributed by atoms with E-state index in [1.165, 1.54) is 0 Å². The molecule has 1 aliphatic rings. The van der Waals surface area contributed by atoms with Crippen LogP contribution in [-0.2, 0) is 10.0 Å². The third-order valence-corrected chi connectivity index (χ3v) is 5.00. The maximum absolute atomic E-state index is 12.0. The molecule has 1 saturated heterocycles. The van der Waals surface area contributed by atoms with Gasteiger partial charge in [-0.25, -0.2) is 8.42 Å². The highest BCUT2D eigenvalue weighted by Gasteiger charge is 2.22. The Morgan fingerprint density at radius 2 is 2.28 bits per heavy atom. The van der Waals surface area contributed by atoms with Crippen molar-refractivity contribution in [3.8, 4) is 0 Å². The number of nitrogens with one attached hydrogen (secondary N) is 2. The van der Waals surface area contributed by atoms with Gasteiger partial charge in [0.1, 0.15) is 0 Å². The molecule has 0 aromatic heterocycles. The minimum atomic E-state index is -3.30. The van der Waals surface area contributed by atoms with Gasteiger partial charge in [-0.2, -0.15) is 0 Å². The normalized spacial score (nSPS) is 20.0. The van der Waals surface area contributed by atoms with E-state index in [1.807, 2.05) is 19.1 Å². The topological polar surface area (TPSA) is 58.2 Å². The van der Waals surface area contributed by atoms with Gasteiger partial charge >= 0.3 is 0 Å². The number of sulfonamides is 1. The lowest BCUT2D eigenvalue weighted by Gasteiger charge is -2.13. The monoisotopic (exact) mass is 332 g/mol. The lowest BCUT2D eigenvalue weighted by atomic mass is 10.2. The van der Waals surface area contributed by atoms with Gasteiger partial charge in [-0.3, -0.25) is 4.72 Å². The van der Waals surface area contributed by atoms with Gasteiger partial charge < -0.3 is 5.32 Å². The van der Waals surface area contributed by atoms with Crippen molar-refractivity contribution in [2.24, 2.45) is 0 Å². The molecule has 0 aliphatic carbocycles. The molecule has 1 heterocycles. The number of benzene rings is 1. The number of rotatable bonds is 4. The molecule has 0 saturated carbocycles. The molecule has 0 bridgehead atoms. The number of hydrogen-bond acceptors (Lipinski definition) is 3. The van der Waals surface area contributed by atoms with E-state index in [-0.39, 0.29) is 11.8 Å². The van der Waals surface area contributed by atoms with Crippen molar-refractivity contribution in [1.82, 2.24) is 5.32 Å². The summed E-state index contributed by atoms with van der Waals surface area (Å²) in [6, 6.07) is 5.63. The van der Waals surface area contributed by atoms with Crippen LogP contribution in [0.15, 0.2) is 22.7 Å². The van der Waals surface area contributed by atoms with Crippen molar-refractivity contribution in [3.63, 3.8) is 0 Å². The van der Waals surface area contributed by atoms with E-state index in [0.29, 0.717) is 5.69 Å². The highest BCUT2D eigenvalue weighted by Crippen LogP contribution is 2.24. The lowest BCUT2D eigenvalue weighted by molar-refractivity contribution is 0.582. The molecule has 0 spiro atoms. The van der Waals surface area contributed by atoms with E-state index in [4.69, 9.17) is 0 Å². The van der Waals surface area contributed by atoms with Crippen LogP contribution in [0.25, 0.3) is 0 Å². The van der Waals surface area contributed by atoms with Gasteiger partial charge in [-0.1, -0.05) is 6.07 Å². The highest BCUT2D eigenvalue weighted by atomic mass is 79.9. The molecule has 100 valence electrons. The molecule has 0 radical (unpaired) electrons. The summed E-state index contributed by atoms with van der Waals surface area (Å²) in [5.74, 6) is 0.132. The first-order valence-corrected chi connectivity index (χ1v) is 8.41. The molecule has 6 heteroatoms. The first-order valence-electron chi connectivity index (χ1n) is 5.96. The van der Waals surface area contributed by atoms with Gasteiger partial charge in [0.15, 0.2) is 0 Å². The Hall–Kier alpha value is -0.590. The van der Waals surface area contributed by atoms with Gasteiger partial charge in [-0.05, 0) is 59.9 Å². The summed E-state index contributed by atoms with van der Waals surface area (Å²) in [4.78, 5) is 0. The quantitative estimate of drug-likeness (QED) is 0.889. The van der Waals surface area contributed by atoms with E-state index >= 15 is 0 Å². The summed E-state index contributed by atoms with van der Waals surface area (Å²) in [5, 5.41) is 3.19. The van der Waals surface area contributed by atoms with E-state index in [0.717, 1.165) is 29.4 Å². The van der Waals surface area contributed by atoms with Gasteiger partial charge in [0.2, 0.25) is 10.0 Å².